The van der Waals surface area contributed by atoms with Gasteiger partial charge in [-0.15, -0.1) is 0 Å². The molecule has 0 saturated carbocycles. The minimum Gasteiger partial charge on any atom is -0.457 e. The van der Waals surface area contributed by atoms with E-state index in [-0.39, 0.29) is 5.91 Å². The van der Waals surface area contributed by atoms with Crippen molar-refractivity contribution < 1.29 is 9.53 Å². The van der Waals surface area contributed by atoms with E-state index in [1.54, 1.807) is 36.7 Å². The van der Waals surface area contributed by atoms with Crippen LogP contribution in [0.4, 0.5) is 5.13 Å². The highest BCUT2D eigenvalue weighted by molar-refractivity contribution is 7.22. The number of piperazine rings is 1. The molecule has 2 aromatic carbocycles. The zero-order valence-corrected chi connectivity index (χ0v) is 21.3. The summed E-state index contributed by atoms with van der Waals surface area (Å²) in [6, 6.07) is 17.9. The van der Waals surface area contributed by atoms with Crippen LogP contribution in [0.1, 0.15) is 21.6 Å². The highest BCUT2D eigenvalue weighted by Gasteiger charge is 2.14. The predicted molar refractivity (Wildman–Crippen MR) is 144 cm³/mol. The number of anilines is 1. The first kappa shape index (κ1) is 24.2. The summed E-state index contributed by atoms with van der Waals surface area (Å²) in [4.78, 5) is 25.5. The molecule has 0 aliphatic carbocycles. The number of fused-ring (bicyclic) bond motifs is 1. The smallest absolute Gasteiger partial charge is 0.269 e. The van der Waals surface area contributed by atoms with Crippen LogP contribution in [0.15, 0.2) is 60.8 Å². The molecule has 1 aliphatic rings. The fourth-order valence-corrected chi connectivity index (χ4v) is 5.08. The van der Waals surface area contributed by atoms with Crippen LogP contribution in [0, 0.1) is 0 Å². The molecule has 1 fully saturated rings. The van der Waals surface area contributed by atoms with E-state index >= 15 is 0 Å². The molecule has 5 rings (SSSR count). The van der Waals surface area contributed by atoms with E-state index < -0.39 is 0 Å². The van der Waals surface area contributed by atoms with E-state index in [4.69, 9.17) is 9.72 Å². The van der Waals surface area contributed by atoms with Crippen LogP contribution in [0.3, 0.4) is 0 Å². The van der Waals surface area contributed by atoms with Crippen LogP contribution < -0.4 is 15.4 Å². The number of benzene rings is 2. The summed E-state index contributed by atoms with van der Waals surface area (Å²) < 4.78 is 7.00. The number of thiazole rings is 1. The number of hydrogen-bond acceptors (Lipinski definition) is 8. The molecule has 9 heteroatoms. The standard InChI is InChI=1S/C27H30N6O2S/c1-28-26(34)24-15-22(8-9-29-24)35-21-6-7-23-25(16-21)36-27(31-23)30-17-19-4-3-5-20(14-19)18-33-12-10-32(2)11-13-33/h3-9,14-16H,10-13,17-18H2,1-2H3,(H,28,34)(H,30,31). The number of nitrogens with zero attached hydrogens (tertiary/aromatic N) is 4. The van der Waals surface area contributed by atoms with Gasteiger partial charge in [-0.2, -0.15) is 0 Å². The summed E-state index contributed by atoms with van der Waals surface area (Å²) in [6.45, 7) is 6.21. The third-order valence-corrected chi connectivity index (χ3v) is 7.20. The minimum atomic E-state index is -0.251. The number of nitrogens with one attached hydrogen (secondary N) is 2. The van der Waals surface area contributed by atoms with Gasteiger partial charge in [0.05, 0.1) is 10.2 Å². The zero-order valence-electron chi connectivity index (χ0n) is 20.5. The average Bonchev–Trinajstić information content (AvgIpc) is 3.31. The topological polar surface area (TPSA) is 82.6 Å². The van der Waals surface area contributed by atoms with Crippen LogP contribution in [0.25, 0.3) is 10.2 Å². The second-order valence-electron chi connectivity index (χ2n) is 8.96. The van der Waals surface area contributed by atoms with Crippen LogP contribution in [0.5, 0.6) is 11.5 Å². The number of rotatable bonds is 8. The maximum absolute atomic E-state index is 11.8. The predicted octanol–water partition coefficient (Wildman–Crippen LogP) is 4.20. The number of ether oxygens (including phenoxy) is 1. The van der Waals surface area contributed by atoms with Gasteiger partial charge in [0, 0.05) is 64.6 Å². The molecule has 3 heterocycles. The summed E-state index contributed by atoms with van der Waals surface area (Å²) >= 11 is 1.59. The third kappa shape index (κ3) is 5.99. The SMILES string of the molecule is CNC(=O)c1cc(Oc2ccc3nc(NCc4cccc(CN5CCN(C)CC5)c4)sc3c2)ccn1. The van der Waals surface area contributed by atoms with Gasteiger partial charge in [-0.05, 0) is 36.4 Å². The van der Waals surface area contributed by atoms with Crippen LogP contribution >= 0.6 is 11.3 Å². The fraction of sp³-hybridized carbons (Fsp3) is 0.296. The Bertz CT molecular complexity index is 1350. The van der Waals surface area contributed by atoms with Crippen molar-refractivity contribution >= 4 is 32.6 Å². The maximum Gasteiger partial charge on any atom is 0.269 e. The van der Waals surface area contributed by atoms with Gasteiger partial charge >= 0.3 is 0 Å². The van der Waals surface area contributed by atoms with Gasteiger partial charge in [0.25, 0.3) is 5.91 Å². The number of hydrogen-bond donors (Lipinski definition) is 2. The minimum absolute atomic E-state index is 0.251. The van der Waals surface area contributed by atoms with E-state index in [1.807, 2.05) is 18.2 Å². The van der Waals surface area contributed by atoms with E-state index in [0.717, 1.165) is 54.6 Å². The molecular weight excluding hydrogens is 472 g/mol. The van der Waals surface area contributed by atoms with Crippen molar-refractivity contribution in [1.82, 2.24) is 25.1 Å². The molecule has 0 radical (unpaired) electrons. The Morgan fingerprint density at radius 2 is 1.83 bits per heavy atom. The quantitative estimate of drug-likeness (QED) is 0.374. The Morgan fingerprint density at radius 3 is 2.67 bits per heavy atom. The van der Waals surface area contributed by atoms with E-state index in [9.17, 15) is 4.79 Å². The number of pyridine rings is 1. The first-order chi connectivity index (χ1) is 17.6. The Hall–Kier alpha value is -3.53. The largest absolute Gasteiger partial charge is 0.457 e. The first-order valence-electron chi connectivity index (χ1n) is 12.0. The Balaban J connectivity index is 1.21. The monoisotopic (exact) mass is 502 g/mol. The number of amides is 1. The second-order valence-corrected chi connectivity index (χ2v) is 9.99. The zero-order chi connectivity index (χ0) is 24.9. The lowest BCUT2D eigenvalue weighted by Crippen LogP contribution is -2.43. The van der Waals surface area contributed by atoms with Crippen molar-refractivity contribution in [3.8, 4) is 11.5 Å². The number of carbonyl (C=O) groups excluding carboxylic acids is 1. The van der Waals surface area contributed by atoms with Crippen molar-refractivity contribution in [2.75, 3.05) is 45.6 Å². The lowest BCUT2D eigenvalue weighted by molar-refractivity contribution is 0.0958. The normalized spacial score (nSPS) is 14.6. The van der Waals surface area contributed by atoms with Gasteiger partial charge < -0.3 is 20.3 Å². The summed E-state index contributed by atoms with van der Waals surface area (Å²) in [6.07, 6.45) is 1.56. The van der Waals surface area contributed by atoms with Crippen molar-refractivity contribution in [2.24, 2.45) is 0 Å². The number of carbonyl (C=O) groups is 1. The van der Waals surface area contributed by atoms with Crippen molar-refractivity contribution in [3.05, 3.63) is 77.6 Å². The summed E-state index contributed by atoms with van der Waals surface area (Å²) in [5.41, 5.74) is 3.82. The van der Waals surface area contributed by atoms with E-state index in [1.165, 1.54) is 11.1 Å². The molecular formula is C27H30N6O2S. The van der Waals surface area contributed by atoms with Gasteiger partial charge in [-0.3, -0.25) is 14.7 Å². The molecule has 2 N–H and O–H groups in total. The average molecular weight is 503 g/mol. The summed E-state index contributed by atoms with van der Waals surface area (Å²) in [7, 11) is 3.76. The van der Waals surface area contributed by atoms with Gasteiger partial charge in [-0.25, -0.2) is 4.98 Å². The Morgan fingerprint density at radius 1 is 1.03 bits per heavy atom. The maximum atomic E-state index is 11.8. The fourth-order valence-electron chi connectivity index (χ4n) is 4.19. The van der Waals surface area contributed by atoms with Crippen molar-refractivity contribution in [3.63, 3.8) is 0 Å². The van der Waals surface area contributed by atoms with Gasteiger partial charge in [0.2, 0.25) is 0 Å². The molecule has 186 valence electrons. The van der Waals surface area contributed by atoms with E-state index in [2.05, 4.69) is 56.7 Å². The molecule has 1 aliphatic heterocycles. The molecule has 0 atom stereocenters. The Kier molecular flexibility index (Phi) is 7.41. The first-order valence-corrected chi connectivity index (χ1v) is 12.9. The summed E-state index contributed by atoms with van der Waals surface area (Å²) in [5, 5.41) is 6.92. The van der Waals surface area contributed by atoms with Gasteiger partial charge in [0.1, 0.15) is 17.2 Å². The van der Waals surface area contributed by atoms with Crippen molar-refractivity contribution in [1.29, 1.82) is 0 Å². The third-order valence-electron chi connectivity index (χ3n) is 6.22. The molecule has 8 nitrogen and oxygen atoms in total. The molecule has 4 aromatic rings. The molecule has 0 bridgehead atoms. The molecule has 36 heavy (non-hydrogen) atoms. The number of aromatic nitrogens is 2. The molecule has 1 amide bonds. The molecule has 0 unspecified atom stereocenters. The molecule has 2 aromatic heterocycles. The highest BCUT2D eigenvalue weighted by atomic mass is 32.1. The van der Waals surface area contributed by atoms with Gasteiger partial charge in [0.15, 0.2) is 5.13 Å². The van der Waals surface area contributed by atoms with Gasteiger partial charge in [-0.1, -0.05) is 35.6 Å². The van der Waals surface area contributed by atoms with Crippen LogP contribution in [0.2, 0.25) is 0 Å². The lowest BCUT2D eigenvalue weighted by atomic mass is 10.1. The summed E-state index contributed by atoms with van der Waals surface area (Å²) in [5.74, 6) is 0.990. The Labute approximate surface area is 214 Å². The van der Waals surface area contributed by atoms with Crippen LogP contribution in [-0.2, 0) is 13.1 Å². The lowest BCUT2D eigenvalue weighted by Gasteiger charge is -2.32. The highest BCUT2D eigenvalue weighted by Crippen LogP contribution is 2.31. The molecule has 0 spiro atoms. The van der Waals surface area contributed by atoms with Crippen LogP contribution in [-0.4, -0.2) is 65.9 Å². The van der Waals surface area contributed by atoms with E-state index in [0.29, 0.717) is 17.2 Å². The molecule has 1 saturated heterocycles. The number of likely N-dealkylation sites (N-methyl/N-ethyl adjacent to an activating group) is 1. The van der Waals surface area contributed by atoms with Crippen molar-refractivity contribution in [2.45, 2.75) is 13.1 Å². The second kappa shape index (κ2) is 11.0.